The van der Waals surface area contributed by atoms with E-state index in [4.69, 9.17) is 0 Å². The highest BCUT2D eigenvalue weighted by Crippen LogP contribution is 2.27. The summed E-state index contributed by atoms with van der Waals surface area (Å²) in [7, 11) is 1.48. The number of aromatic nitrogens is 2. The number of hydrogen-bond donors (Lipinski definition) is 1. The molecule has 0 aliphatic heterocycles. The normalized spacial score (nSPS) is 19.9. The molecule has 0 saturated heterocycles. The Hall–Kier alpha value is -3.02. The van der Waals surface area contributed by atoms with Crippen LogP contribution < -0.4 is 10.7 Å². The number of nitrogens with zero attached hydrogens (tertiary/aromatic N) is 1. The number of H-pyrrole nitrogens is 1. The average molecular weight is 583 g/mol. The number of imidazole rings is 1. The summed E-state index contributed by atoms with van der Waals surface area (Å²) < 4.78 is 31.4. The Kier molecular flexibility index (Phi) is 15.5. The van der Waals surface area contributed by atoms with Crippen LogP contribution in [0.1, 0.15) is 105 Å². The fourth-order valence-corrected chi connectivity index (χ4v) is 5.49. The van der Waals surface area contributed by atoms with E-state index >= 15 is 0 Å². The van der Waals surface area contributed by atoms with Crippen molar-refractivity contribution in [3.63, 3.8) is 0 Å². The number of hydrogen-bond acceptors (Lipinski definition) is 3. The van der Waals surface area contributed by atoms with Crippen LogP contribution in [0.15, 0.2) is 53.7 Å². The summed E-state index contributed by atoms with van der Waals surface area (Å²) in [6.07, 6.45) is 22.7. The summed E-state index contributed by atoms with van der Waals surface area (Å²) in [4.78, 5) is 18.8. The third-order valence-corrected chi connectivity index (χ3v) is 8.11. The van der Waals surface area contributed by atoms with Crippen molar-refractivity contribution in [3.05, 3.63) is 70.2 Å². The van der Waals surface area contributed by atoms with Gasteiger partial charge in [-0.05, 0) is 75.5 Å². The molecule has 1 N–H and O–H groups in total. The van der Waals surface area contributed by atoms with Crippen LogP contribution in [0, 0.1) is 17.8 Å². The molecule has 1 saturated carbocycles. The third-order valence-electron chi connectivity index (χ3n) is 8.11. The molecule has 0 radical (unpaired) electrons. The van der Waals surface area contributed by atoms with E-state index < -0.39 is 12.3 Å². The number of ether oxygens (including phenoxy) is 1. The number of methoxy groups -OCH3 is 1. The molecule has 0 spiro atoms. The lowest BCUT2D eigenvalue weighted by Crippen LogP contribution is -2.35. The minimum Gasteiger partial charge on any atom is -0.469 e. The van der Waals surface area contributed by atoms with Gasteiger partial charge in [0, 0.05) is 17.9 Å². The number of carbonyl (C=O) groups is 1. The quantitative estimate of drug-likeness (QED) is 0.222. The molecule has 1 heterocycles. The van der Waals surface area contributed by atoms with Gasteiger partial charge in [0.15, 0.2) is 0 Å². The maximum absolute atomic E-state index is 13.4. The van der Waals surface area contributed by atoms with Gasteiger partial charge in [-0.25, -0.2) is 13.8 Å². The standard InChI is InChI=1S/C25H32F2N2.C11H20O2/c1-7-18(12-10-16(4)5)19(8-2)13-11-17(6)25-28-22-14-20(9-3)21(24(26)27)15-23(22)29-25;1-13-11(12)9-10-7-5-3-2-4-6-8-10/h8,10-15,20-21,24H,6-7,9H2,1-5H3,(H,28,29);10H,2-9H2,1H3/b13-11-,18-12+,19-8+;. The Bertz CT molecular complexity index is 1250. The maximum Gasteiger partial charge on any atom is 0.305 e. The molecular formula is C36H52F2N2O2. The van der Waals surface area contributed by atoms with Gasteiger partial charge in [-0.3, -0.25) is 4.79 Å². The highest BCUT2D eigenvalue weighted by molar-refractivity contribution is 5.69. The molecule has 0 amide bonds. The number of rotatable bonds is 10. The molecule has 1 aromatic heterocycles. The van der Waals surface area contributed by atoms with Gasteiger partial charge in [0.05, 0.1) is 17.8 Å². The third kappa shape index (κ3) is 11.3. The van der Waals surface area contributed by atoms with E-state index in [1.165, 1.54) is 63.2 Å². The molecule has 2 aliphatic rings. The zero-order valence-corrected chi connectivity index (χ0v) is 26.6. The van der Waals surface area contributed by atoms with Crippen LogP contribution in [0.25, 0.3) is 17.7 Å². The first-order valence-electron chi connectivity index (χ1n) is 15.7. The molecule has 0 aromatic carbocycles. The predicted octanol–water partition coefficient (Wildman–Crippen LogP) is 8.62. The van der Waals surface area contributed by atoms with E-state index in [0.29, 0.717) is 29.9 Å². The Balaban J connectivity index is 0.000000395. The molecular weight excluding hydrogens is 530 g/mol. The van der Waals surface area contributed by atoms with Gasteiger partial charge in [0.25, 0.3) is 0 Å². The Morgan fingerprint density at radius 2 is 1.76 bits per heavy atom. The number of allylic oxidation sites excluding steroid dienone is 9. The van der Waals surface area contributed by atoms with Crippen molar-refractivity contribution >= 4 is 23.7 Å². The lowest BCUT2D eigenvalue weighted by atomic mass is 9.87. The van der Waals surface area contributed by atoms with Crippen molar-refractivity contribution in [1.82, 2.24) is 9.97 Å². The van der Waals surface area contributed by atoms with Crippen molar-refractivity contribution in [2.75, 3.05) is 7.11 Å². The molecule has 0 bridgehead atoms. The number of carbonyl (C=O) groups excluding carboxylic acids is 1. The van der Waals surface area contributed by atoms with E-state index in [1.54, 1.807) is 6.08 Å². The summed E-state index contributed by atoms with van der Waals surface area (Å²) in [5.74, 6) is 0.208. The van der Waals surface area contributed by atoms with Gasteiger partial charge < -0.3 is 9.72 Å². The molecule has 2 atom stereocenters. The zero-order chi connectivity index (χ0) is 31.1. The van der Waals surface area contributed by atoms with E-state index in [2.05, 4.69) is 60.3 Å². The summed E-state index contributed by atoms with van der Waals surface area (Å²) in [5.41, 5.74) is 4.34. The lowest BCUT2D eigenvalue weighted by molar-refractivity contribution is -0.141. The number of fused-ring (bicyclic) bond motifs is 1. The van der Waals surface area contributed by atoms with E-state index in [0.717, 1.165) is 22.9 Å². The van der Waals surface area contributed by atoms with Crippen LogP contribution in [0.3, 0.4) is 0 Å². The Morgan fingerprint density at radius 1 is 1.10 bits per heavy atom. The summed E-state index contributed by atoms with van der Waals surface area (Å²) in [6, 6.07) is 0. The van der Waals surface area contributed by atoms with Crippen molar-refractivity contribution in [3.8, 4) is 0 Å². The minimum absolute atomic E-state index is 0.0365. The Labute approximate surface area is 252 Å². The van der Waals surface area contributed by atoms with Crippen molar-refractivity contribution < 1.29 is 18.3 Å². The first-order valence-corrected chi connectivity index (χ1v) is 15.7. The smallest absolute Gasteiger partial charge is 0.305 e. The summed E-state index contributed by atoms with van der Waals surface area (Å²) in [6.45, 7) is 14.3. The molecule has 1 aromatic rings. The molecule has 6 heteroatoms. The van der Waals surface area contributed by atoms with Crippen LogP contribution in [-0.2, 0) is 9.53 Å². The maximum atomic E-state index is 13.4. The molecule has 3 rings (SSSR count). The Morgan fingerprint density at radius 3 is 2.31 bits per heavy atom. The first kappa shape index (κ1) is 35.2. The predicted molar refractivity (Wildman–Crippen MR) is 172 cm³/mol. The SMILES string of the molecule is C=C(\C=C/C(=C\C)C(=C/C=C(C)C)/CC)c1nc2c([nH]1)=CC(CC)C(C(F)F)C=2.COC(=O)CC1CCCCCCC1. The number of esters is 1. The average Bonchev–Trinajstić information content (AvgIpc) is 3.38. The molecule has 2 unspecified atom stereocenters. The van der Waals surface area contributed by atoms with Crippen LogP contribution in [0.4, 0.5) is 8.78 Å². The van der Waals surface area contributed by atoms with Gasteiger partial charge in [0.1, 0.15) is 5.82 Å². The second-order valence-electron chi connectivity index (χ2n) is 11.6. The highest BCUT2D eigenvalue weighted by atomic mass is 19.3. The fourth-order valence-electron chi connectivity index (χ4n) is 5.49. The van der Waals surface area contributed by atoms with Crippen molar-refractivity contribution in [1.29, 1.82) is 0 Å². The molecule has 2 aliphatic carbocycles. The molecule has 42 heavy (non-hydrogen) atoms. The van der Waals surface area contributed by atoms with Crippen molar-refractivity contribution in [2.24, 2.45) is 17.8 Å². The van der Waals surface area contributed by atoms with Gasteiger partial charge >= 0.3 is 5.97 Å². The van der Waals surface area contributed by atoms with E-state index in [9.17, 15) is 13.6 Å². The second kappa shape index (κ2) is 18.5. The number of halogens is 2. The zero-order valence-electron chi connectivity index (χ0n) is 26.6. The fraction of sp³-hybridized carbons (Fsp3) is 0.556. The number of aromatic amines is 1. The largest absolute Gasteiger partial charge is 0.469 e. The van der Waals surface area contributed by atoms with Crippen LogP contribution in [-0.4, -0.2) is 29.5 Å². The van der Waals surface area contributed by atoms with Crippen LogP contribution in [0.2, 0.25) is 0 Å². The van der Waals surface area contributed by atoms with Gasteiger partial charge in [-0.2, -0.15) is 0 Å². The molecule has 1 fully saturated rings. The number of nitrogens with one attached hydrogen (secondary N) is 1. The van der Waals surface area contributed by atoms with E-state index in [1.807, 2.05) is 32.1 Å². The van der Waals surface area contributed by atoms with Gasteiger partial charge in [0.2, 0.25) is 6.43 Å². The van der Waals surface area contributed by atoms with Crippen LogP contribution >= 0.6 is 0 Å². The van der Waals surface area contributed by atoms with E-state index in [-0.39, 0.29) is 11.9 Å². The first-order chi connectivity index (χ1) is 20.1. The molecule has 4 nitrogen and oxygen atoms in total. The van der Waals surface area contributed by atoms with Crippen LogP contribution in [0.5, 0.6) is 0 Å². The highest BCUT2D eigenvalue weighted by Gasteiger charge is 2.28. The summed E-state index contributed by atoms with van der Waals surface area (Å²) >= 11 is 0. The molecule has 232 valence electrons. The minimum atomic E-state index is -2.38. The topological polar surface area (TPSA) is 55.0 Å². The monoisotopic (exact) mass is 582 g/mol. The number of alkyl halides is 2. The van der Waals surface area contributed by atoms with Gasteiger partial charge in [-0.15, -0.1) is 0 Å². The van der Waals surface area contributed by atoms with Crippen molar-refractivity contribution in [2.45, 2.75) is 105 Å². The summed E-state index contributed by atoms with van der Waals surface area (Å²) in [5, 5.41) is 1.40. The lowest BCUT2D eigenvalue weighted by Gasteiger charge is -2.21. The van der Waals surface area contributed by atoms with Gasteiger partial charge in [-0.1, -0.05) is 94.6 Å². The second-order valence-corrected chi connectivity index (χ2v) is 11.6.